The molecule has 0 unspecified atom stereocenters. The minimum absolute atomic E-state index is 0.343. The third kappa shape index (κ3) is 1.06. The first-order chi connectivity index (χ1) is 6.76. The molecule has 0 fully saturated rings. The Bertz CT molecular complexity index is 401. The molecule has 7 heteroatoms. The van der Waals surface area contributed by atoms with Gasteiger partial charge in [0, 0.05) is 0 Å². The fourth-order valence-electron chi connectivity index (χ4n) is 1.14. The normalized spacial score (nSPS) is 17.1. The smallest absolute Gasteiger partial charge is 0.260 e. The zero-order valence-electron chi connectivity index (χ0n) is 6.94. The van der Waals surface area contributed by atoms with Gasteiger partial charge >= 0.3 is 5.79 Å². The average molecular weight is 191 g/mol. The molecule has 0 N–H and O–H groups in total. The van der Waals surface area contributed by atoms with Crippen LogP contribution in [0.15, 0.2) is 51.0 Å². The molecule has 0 saturated heterocycles. The number of hydrogen-bond acceptors (Lipinski definition) is 6. The summed E-state index contributed by atoms with van der Waals surface area (Å²) in [5.41, 5.74) is 0.343. The highest BCUT2D eigenvalue weighted by atomic mass is 16.6. The summed E-state index contributed by atoms with van der Waals surface area (Å²) in [6.45, 7) is 0. The first kappa shape index (κ1) is 8.42. The highest BCUT2D eigenvalue weighted by Crippen LogP contribution is 2.32. The van der Waals surface area contributed by atoms with Crippen LogP contribution in [-0.4, -0.2) is 4.92 Å². The van der Waals surface area contributed by atoms with Gasteiger partial charge in [-0.05, 0) is 22.6 Å². The van der Waals surface area contributed by atoms with Crippen LogP contribution in [0.2, 0.25) is 0 Å². The highest BCUT2D eigenvalue weighted by molar-refractivity contribution is 5.21. The summed E-state index contributed by atoms with van der Waals surface area (Å²) in [7, 11) is 0. The van der Waals surface area contributed by atoms with Crippen LogP contribution in [0.1, 0.15) is 5.56 Å². The van der Waals surface area contributed by atoms with Crippen LogP contribution in [0.5, 0.6) is 0 Å². The molecule has 1 aliphatic rings. The molecule has 0 spiro atoms. The van der Waals surface area contributed by atoms with Crippen LogP contribution >= 0.6 is 0 Å². The van der Waals surface area contributed by atoms with Gasteiger partial charge in [0.2, 0.25) is 0 Å². The van der Waals surface area contributed by atoms with Crippen molar-refractivity contribution in [2.75, 3.05) is 0 Å². The summed E-state index contributed by atoms with van der Waals surface area (Å²) in [4.78, 5) is 10.2. The second-order valence-corrected chi connectivity index (χ2v) is 2.64. The Morgan fingerprint density at radius 1 is 1.14 bits per heavy atom. The Labute approximate surface area is 78.3 Å². The molecule has 1 aromatic rings. The summed E-state index contributed by atoms with van der Waals surface area (Å²) in [5, 5.41) is 24.0. The molecule has 1 heterocycles. The maximum Gasteiger partial charge on any atom is 0.475 e. The van der Waals surface area contributed by atoms with Crippen molar-refractivity contribution in [3.8, 4) is 0 Å². The largest absolute Gasteiger partial charge is 0.475 e. The van der Waals surface area contributed by atoms with Crippen molar-refractivity contribution in [2.24, 2.45) is 20.7 Å². The lowest BCUT2D eigenvalue weighted by molar-refractivity contribution is -0.576. The maximum absolute atomic E-state index is 10.8. The van der Waals surface area contributed by atoms with Gasteiger partial charge in [-0.3, -0.25) is 10.1 Å². The molecular weight excluding hydrogens is 186 g/mol. The van der Waals surface area contributed by atoms with E-state index in [0.29, 0.717) is 5.56 Å². The van der Waals surface area contributed by atoms with Crippen molar-refractivity contribution in [1.29, 1.82) is 0 Å². The minimum Gasteiger partial charge on any atom is -0.260 e. The lowest BCUT2D eigenvalue weighted by Gasteiger charge is -2.09. The van der Waals surface area contributed by atoms with Gasteiger partial charge in [0.25, 0.3) is 0 Å². The molecule has 7 nitrogen and oxygen atoms in total. The first-order valence-electron chi connectivity index (χ1n) is 3.80. The van der Waals surface area contributed by atoms with Crippen molar-refractivity contribution in [2.45, 2.75) is 5.79 Å². The average Bonchev–Trinajstić information content (AvgIpc) is 2.69. The lowest BCUT2D eigenvalue weighted by Crippen LogP contribution is -2.28. The number of nitro groups is 1. The molecule has 0 radical (unpaired) electrons. The standard InChI is InChI=1S/C7H5N5O2/c13-12(14)7(8-10-11-9-7)6-4-2-1-3-5-6/h1-5H. The molecule has 1 aliphatic heterocycles. The van der Waals surface area contributed by atoms with Crippen LogP contribution in [0.25, 0.3) is 0 Å². The summed E-state index contributed by atoms with van der Waals surface area (Å²) in [6.07, 6.45) is 0. The Morgan fingerprint density at radius 3 is 2.21 bits per heavy atom. The second-order valence-electron chi connectivity index (χ2n) is 2.64. The number of benzene rings is 1. The number of rotatable bonds is 2. The van der Waals surface area contributed by atoms with Gasteiger partial charge in [-0.15, -0.1) is 0 Å². The number of nitrogens with zero attached hydrogens (tertiary/aromatic N) is 5. The fourth-order valence-corrected chi connectivity index (χ4v) is 1.14. The Balaban J connectivity index is 2.54. The van der Waals surface area contributed by atoms with E-state index in [2.05, 4.69) is 20.7 Å². The van der Waals surface area contributed by atoms with E-state index in [1.807, 2.05) is 0 Å². The molecule has 0 amide bonds. The van der Waals surface area contributed by atoms with E-state index in [1.165, 1.54) is 0 Å². The summed E-state index contributed by atoms with van der Waals surface area (Å²) < 4.78 is 0. The van der Waals surface area contributed by atoms with E-state index < -0.39 is 10.7 Å². The summed E-state index contributed by atoms with van der Waals surface area (Å²) in [5.74, 6) is -1.87. The van der Waals surface area contributed by atoms with E-state index in [0.717, 1.165) is 0 Å². The Morgan fingerprint density at radius 2 is 1.71 bits per heavy atom. The van der Waals surface area contributed by atoms with Crippen LogP contribution < -0.4 is 0 Å². The zero-order chi connectivity index (χ0) is 10.0. The van der Waals surface area contributed by atoms with Crippen LogP contribution in [0, 0.1) is 10.1 Å². The van der Waals surface area contributed by atoms with Gasteiger partial charge in [-0.2, -0.15) is 0 Å². The second kappa shape index (κ2) is 2.95. The van der Waals surface area contributed by atoms with Gasteiger partial charge in [-0.25, -0.2) is 0 Å². The van der Waals surface area contributed by atoms with Crippen molar-refractivity contribution in [3.63, 3.8) is 0 Å². The van der Waals surface area contributed by atoms with Crippen LogP contribution in [-0.2, 0) is 5.79 Å². The topological polar surface area (TPSA) is 92.6 Å². The van der Waals surface area contributed by atoms with Gasteiger partial charge in [0.05, 0.1) is 10.5 Å². The van der Waals surface area contributed by atoms with E-state index >= 15 is 0 Å². The van der Waals surface area contributed by atoms with E-state index in [-0.39, 0.29) is 0 Å². The van der Waals surface area contributed by atoms with Gasteiger partial charge in [-0.1, -0.05) is 28.4 Å². The lowest BCUT2D eigenvalue weighted by atomic mass is 10.1. The molecule has 2 rings (SSSR count). The molecular formula is C7H5N5O2. The summed E-state index contributed by atoms with van der Waals surface area (Å²) >= 11 is 0. The van der Waals surface area contributed by atoms with Crippen molar-refractivity contribution >= 4 is 0 Å². The van der Waals surface area contributed by atoms with E-state index in [4.69, 9.17) is 0 Å². The third-order valence-electron chi connectivity index (χ3n) is 1.82. The van der Waals surface area contributed by atoms with Gasteiger partial charge in [0.15, 0.2) is 0 Å². The molecule has 0 aliphatic carbocycles. The predicted molar refractivity (Wildman–Crippen MR) is 44.8 cm³/mol. The summed E-state index contributed by atoms with van der Waals surface area (Å²) in [6, 6.07) is 8.21. The number of hydrogen-bond donors (Lipinski definition) is 0. The van der Waals surface area contributed by atoms with Crippen LogP contribution in [0.3, 0.4) is 0 Å². The van der Waals surface area contributed by atoms with Gasteiger partial charge < -0.3 is 0 Å². The van der Waals surface area contributed by atoms with Crippen molar-refractivity contribution in [3.05, 3.63) is 46.0 Å². The van der Waals surface area contributed by atoms with E-state index in [9.17, 15) is 10.1 Å². The predicted octanol–water partition coefficient (Wildman–Crippen LogP) is 1.91. The Hall–Kier alpha value is -2.18. The SMILES string of the molecule is O=[N+]([O-])C1(c2ccccc2)N=NN=N1. The third-order valence-corrected chi connectivity index (χ3v) is 1.82. The van der Waals surface area contributed by atoms with Gasteiger partial charge in [0.1, 0.15) is 0 Å². The quantitative estimate of drug-likeness (QED) is 0.527. The van der Waals surface area contributed by atoms with Crippen molar-refractivity contribution < 1.29 is 4.92 Å². The maximum atomic E-state index is 10.8. The highest BCUT2D eigenvalue weighted by Gasteiger charge is 2.49. The molecule has 70 valence electrons. The molecule has 0 aromatic heterocycles. The molecule has 14 heavy (non-hydrogen) atoms. The van der Waals surface area contributed by atoms with Crippen molar-refractivity contribution in [1.82, 2.24) is 0 Å². The first-order valence-corrected chi connectivity index (χ1v) is 3.80. The molecule has 0 saturated carbocycles. The minimum atomic E-state index is -1.87. The van der Waals surface area contributed by atoms with Crippen LogP contribution in [0.4, 0.5) is 0 Å². The molecule has 0 atom stereocenters. The Kier molecular flexibility index (Phi) is 1.77. The zero-order valence-corrected chi connectivity index (χ0v) is 6.94. The molecule has 0 bridgehead atoms. The van der Waals surface area contributed by atoms with E-state index in [1.54, 1.807) is 30.3 Å². The fraction of sp³-hybridized carbons (Fsp3) is 0.143. The monoisotopic (exact) mass is 191 g/mol. The molecule has 1 aromatic carbocycles.